The maximum Gasteiger partial charge on any atom is 0.275 e. The lowest BCUT2D eigenvalue weighted by molar-refractivity contribution is -0.892. The van der Waals surface area contributed by atoms with E-state index < -0.39 is 21.3 Å². The highest BCUT2D eigenvalue weighted by Crippen LogP contribution is 2.27. The Kier molecular flexibility index (Phi) is 6.49. The number of nitrogens with one attached hydrogen (secondary N) is 2. The second kappa shape index (κ2) is 8.67. The van der Waals surface area contributed by atoms with Crippen molar-refractivity contribution in [3.05, 3.63) is 24.3 Å². The molecule has 0 radical (unpaired) electrons. The van der Waals surface area contributed by atoms with E-state index in [2.05, 4.69) is 16.3 Å². The maximum atomic E-state index is 12.3. The molecule has 7 nitrogen and oxygen atoms in total. The van der Waals surface area contributed by atoms with Crippen LogP contribution in [0.3, 0.4) is 0 Å². The lowest BCUT2D eigenvalue weighted by Crippen LogP contribution is -3.16. The molecule has 1 amide bonds. The SMILES string of the molecule is CCOc1ccccc1N1CC[NH+](CC(=O)N[C@H]2CS(=O)(=O)C[C@@H]2Cl)CC1. The van der Waals surface area contributed by atoms with Gasteiger partial charge in [0.1, 0.15) is 5.75 Å². The zero-order valence-corrected chi connectivity index (χ0v) is 17.1. The highest BCUT2D eigenvalue weighted by atomic mass is 35.5. The number of rotatable bonds is 6. The fraction of sp³-hybridized carbons (Fsp3) is 0.611. The van der Waals surface area contributed by atoms with E-state index in [1.165, 1.54) is 4.90 Å². The third-order valence-corrected chi connectivity index (χ3v) is 7.39. The summed E-state index contributed by atoms with van der Waals surface area (Å²) >= 11 is 6.06. The number of piperazine rings is 1. The Morgan fingerprint density at radius 3 is 2.63 bits per heavy atom. The third-order valence-electron chi connectivity index (χ3n) is 5.02. The van der Waals surface area contributed by atoms with E-state index in [4.69, 9.17) is 16.3 Å². The molecular weight excluding hydrogens is 390 g/mol. The summed E-state index contributed by atoms with van der Waals surface area (Å²) in [7, 11) is -3.14. The van der Waals surface area contributed by atoms with Crippen LogP contribution >= 0.6 is 11.6 Å². The second-order valence-corrected chi connectivity index (χ2v) is 9.80. The van der Waals surface area contributed by atoms with Crippen molar-refractivity contribution < 1.29 is 22.8 Å². The number of nitrogens with zero attached hydrogens (tertiary/aromatic N) is 1. The van der Waals surface area contributed by atoms with Gasteiger partial charge in [-0.15, -0.1) is 11.6 Å². The molecule has 0 bridgehead atoms. The largest absolute Gasteiger partial charge is 0.492 e. The molecule has 2 atom stereocenters. The van der Waals surface area contributed by atoms with Crippen LogP contribution in [0.25, 0.3) is 0 Å². The van der Waals surface area contributed by atoms with Gasteiger partial charge in [0.15, 0.2) is 16.4 Å². The molecule has 1 aromatic rings. The molecule has 150 valence electrons. The molecule has 0 spiro atoms. The van der Waals surface area contributed by atoms with Crippen LogP contribution in [0.5, 0.6) is 5.75 Å². The highest BCUT2D eigenvalue weighted by molar-refractivity contribution is 7.91. The summed E-state index contributed by atoms with van der Waals surface area (Å²) < 4.78 is 28.9. The number of alkyl halides is 1. The fourth-order valence-corrected chi connectivity index (χ4v) is 6.21. The number of halogens is 1. The van der Waals surface area contributed by atoms with Gasteiger partial charge in [0, 0.05) is 0 Å². The van der Waals surface area contributed by atoms with E-state index in [-0.39, 0.29) is 17.4 Å². The van der Waals surface area contributed by atoms with Gasteiger partial charge in [0.2, 0.25) is 0 Å². The van der Waals surface area contributed by atoms with Crippen molar-refractivity contribution >= 4 is 33.0 Å². The molecule has 2 aliphatic rings. The zero-order valence-electron chi connectivity index (χ0n) is 15.5. The molecule has 0 unspecified atom stereocenters. The van der Waals surface area contributed by atoms with E-state index in [0.717, 1.165) is 37.6 Å². The summed E-state index contributed by atoms with van der Waals surface area (Å²) in [5, 5.41) is 2.25. The van der Waals surface area contributed by atoms with Gasteiger partial charge in [-0.25, -0.2) is 8.42 Å². The summed E-state index contributed by atoms with van der Waals surface area (Å²) in [6, 6.07) is 7.52. The minimum atomic E-state index is -3.14. The van der Waals surface area contributed by atoms with Crippen LogP contribution < -0.4 is 19.9 Å². The number of ether oxygens (including phenoxy) is 1. The molecule has 0 aromatic heterocycles. The number of quaternary nitrogens is 1. The molecule has 2 fully saturated rings. The number of benzene rings is 1. The minimum Gasteiger partial charge on any atom is -0.492 e. The predicted octanol–water partition coefficient (Wildman–Crippen LogP) is -0.689. The number of amides is 1. The normalized spacial score (nSPS) is 25.3. The van der Waals surface area contributed by atoms with E-state index >= 15 is 0 Å². The average molecular weight is 417 g/mol. The van der Waals surface area contributed by atoms with Crippen molar-refractivity contribution in [2.45, 2.75) is 18.3 Å². The van der Waals surface area contributed by atoms with Crippen LogP contribution in [-0.2, 0) is 14.6 Å². The van der Waals surface area contributed by atoms with Gasteiger partial charge in [-0.1, -0.05) is 12.1 Å². The first-order chi connectivity index (χ1) is 12.9. The number of sulfone groups is 1. The van der Waals surface area contributed by atoms with E-state index in [0.29, 0.717) is 13.2 Å². The van der Waals surface area contributed by atoms with Crippen LogP contribution in [0, 0.1) is 0 Å². The van der Waals surface area contributed by atoms with Gasteiger partial charge >= 0.3 is 0 Å². The monoisotopic (exact) mass is 416 g/mol. The number of carbonyl (C=O) groups is 1. The second-order valence-electron chi connectivity index (χ2n) is 7.08. The van der Waals surface area contributed by atoms with Gasteiger partial charge in [0.25, 0.3) is 5.91 Å². The summed E-state index contributed by atoms with van der Waals surface area (Å²) in [5.74, 6) is 0.617. The van der Waals surface area contributed by atoms with Gasteiger partial charge in [0.05, 0.1) is 61.4 Å². The van der Waals surface area contributed by atoms with Crippen LogP contribution in [0.2, 0.25) is 0 Å². The molecular formula is C18H27ClN3O4S+. The Labute approximate surface area is 165 Å². The van der Waals surface area contributed by atoms with E-state index in [9.17, 15) is 13.2 Å². The first-order valence-electron chi connectivity index (χ1n) is 9.32. The van der Waals surface area contributed by atoms with Crippen molar-refractivity contribution in [2.24, 2.45) is 0 Å². The Hall–Kier alpha value is -1.51. The van der Waals surface area contributed by atoms with Crippen molar-refractivity contribution in [3.8, 4) is 5.75 Å². The molecule has 2 N–H and O–H groups in total. The van der Waals surface area contributed by atoms with Crippen LogP contribution in [0.15, 0.2) is 24.3 Å². The standard InChI is InChI=1S/C18H26ClN3O4S/c1-2-26-17-6-4-3-5-16(17)22-9-7-21(8-10-22)11-18(23)20-15-13-27(24,25)12-14(15)19/h3-6,14-15H,2,7-13H2,1H3,(H,20,23)/p+1/t14-,15-/m0/s1. The average Bonchev–Trinajstić information content (AvgIpc) is 2.88. The summed E-state index contributed by atoms with van der Waals surface area (Å²) in [6.45, 7) is 6.27. The summed E-state index contributed by atoms with van der Waals surface area (Å²) in [6.07, 6.45) is 0. The molecule has 0 aliphatic carbocycles. The number of para-hydroxylation sites is 2. The Morgan fingerprint density at radius 2 is 2.00 bits per heavy atom. The Bertz CT molecular complexity index is 766. The van der Waals surface area contributed by atoms with Crippen molar-refractivity contribution in [3.63, 3.8) is 0 Å². The molecule has 2 saturated heterocycles. The lowest BCUT2D eigenvalue weighted by Gasteiger charge is -2.34. The Morgan fingerprint density at radius 1 is 1.30 bits per heavy atom. The number of carbonyl (C=O) groups excluding carboxylic acids is 1. The summed E-state index contributed by atoms with van der Waals surface area (Å²) in [4.78, 5) is 15.8. The van der Waals surface area contributed by atoms with E-state index in [1.54, 1.807) is 0 Å². The van der Waals surface area contributed by atoms with Crippen LogP contribution in [-0.4, -0.2) is 76.6 Å². The topological polar surface area (TPSA) is 80.2 Å². The first-order valence-corrected chi connectivity index (χ1v) is 11.6. The summed E-state index contributed by atoms with van der Waals surface area (Å²) in [5.41, 5.74) is 1.09. The molecule has 9 heteroatoms. The fourth-order valence-electron chi connectivity index (χ4n) is 3.66. The third kappa shape index (κ3) is 5.27. The van der Waals surface area contributed by atoms with Crippen molar-refractivity contribution in [1.29, 1.82) is 0 Å². The molecule has 2 heterocycles. The molecule has 1 aromatic carbocycles. The van der Waals surface area contributed by atoms with Gasteiger partial charge in [-0.2, -0.15) is 0 Å². The number of hydrogen-bond donors (Lipinski definition) is 2. The first kappa shape index (κ1) is 20.2. The molecule has 0 saturated carbocycles. The molecule has 27 heavy (non-hydrogen) atoms. The predicted molar refractivity (Wildman–Crippen MR) is 106 cm³/mol. The van der Waals surface area contributed by atoms with Crippen molar-refractivity contribution in [1.82, 2.24) is 5.32 Å². The minimum absolute atomic E-state index is 0.0652. The van der Waals surface area contributed by atoms with Crippen LogP contribution in [0.4, 0.5) is 5.69 Å². The van der Waals surface area contributed by atoms with Gasteiger partial charge < -0.3 is 19.9 Å². The Balaban J connectivity index is 1.49. The lowest BCUT2D eigenvalue weighted by atomic mass is 10.2. The zero-order chi connectivity index (χ0) is 19.4. The number of anilines is 1. The maximum absolute atomic E-state index is 12.3. The van der Waals surface area contributed by atoms with Gasteiger partial charge in [-0.05, 0) is 19.1 Å². The number of hydrogen-bond acceptors (Lipinski definition) is 5. The quantitative estimate of drug-likeness (QED) is 0.600. The smallest absolute Gasteiger partial charge is 0.275 e. The van der Waals surface area contributed by atoms with Crippen molar-refractivity contribution in [2.75, 3.05) is 55.7 Å². The van der Waals surface area contributed by atoms with Crippen LogP contribution in [0.1, 0.15) is 6.92 Å². The molecule has 3 rings (SSSR count). The van der Waals surface area contributed by atoms with Gasteiger partial charge in [-0.3, -0.25) is 4.79 Å². The highest BCUT2D eigenvalue weighted by Gasteiger charge is 2.37. The van der Waals surface area contributed by atoms with E-state index in [1.807, 2.05) is 25.1 Å². The molecule has 2 aliphatic heterocycles.